The first-order valence-corrected chi connectivity index (χ1v) is 7.33. The Kier molecular flexibility index (Phi) is 9.10. The molecule has 1 aliphatic rings. The largest absolute Gasteiger partial charge is 0.356 e. The maximum atomic E-state index is 11.7. The minimum atomic E-state index is 0. The first kappa shape index (κ1) is 17.1. The molecule has 5 heteroatoms. The molecule has 0 bridgehead atoms. The Morgan fingerprint density at radius 2 is 2.18 bits per heavy atom. The Morgan fingerprint density at radius 3 is 2.71 bits per heavy atom. The third-order valence-electron chi connectivity index (χ3n) is 3.19. The van der Waals surface area contributed by atoms with Gasteiger partial charge in [-0.25, -0.2) is 0 Å². The highest BCUT2D eigenvalue weighted by atomic mass is 35.5. The van der Waals surface area contributed by atoms with Crippen molar-refractivity contribution < 1.29 is 4.79 Å². The molecule has 0 aliphatic carbocycles. The Hall–Kier alpha value is 0.0700. The molecule has 2 unspecified atom stereocenters. The van der Waals surface area contributed by atoms with Gasteiger partial charge in [-0.15, -0.1) is 12.4 Å². The van der Waals surface area contributed by atoms with Crippen LogP contribution in [0.15, 0.2) is 0 Å². The lowest BCUT2D eigenvalue weighted by atomic mass is 9.98. The summed E-state index contributed by atoms with van der Waals surface area (Å²) in [7, 11) is 0. The van der Waals surface area contributed by atoms with Gasteiger partial charge in [-0.2, -0.15) is 11.8 Å². The summed E-state index contributed by atoms with van der Waals surface area (Å²) in [6.07, 6.45) is 0.623. The zero-order valence-electron chi connectivity index (χ0n) is 11.0. The van der Waals surface area contributed by atoms with E-state index in [-0.39, 0.29) is 18.3 Å². The van der Waals surface area contributed by atoms with Crippen molar-refractivity contribution >= 4 is 30.1 Å². The standard InChI is InChI=1S/C12H24N2OS.ClH/c1-9(2)10(3)7-14-12(15)6-11-8-16-5-4-13-11;/h9-11,13H,4-8H2,1-3H3,(H,14,15);1H. The predicted octanol–water partition coefficient (Wildman–Crippen LogP) is 1.91. The van der Waals surface area contributed by atoms with Crippen LogP contribution in [0.2, 0.25) is 0 Å². The molecule has 1 saturated heterocycles. The summed E-state index contributed by atoms with van der Waals surface area (Å²) in [4.78, 5) is 11.7. The first-order chi connectivity index (χ1) is 7.59. The van der Waals surface area contributed by atoms with Crippen molar-refractivity contribution in [1.29, 1.82) is 0 Å². The van der Waals surface area contributed by atoms with Crippen molar-refractivity contribution in [3.63, 3.8) is 0 Å². The summed E-state index contributed by atoms with van der Waals surface area (Å²) in [5.74, 6) is 3.60. The fourth-order valence-corrected chi connectivity index (χ4v) is 2.51. The maximum Gasteiger partial charge on any atom is 0.221 e. The summed E-state index contributed by atoms with van der Waals surface area (Å²) in [5.41, 5.74) is 0. The van der Waals surface area contributed by atoms with Crippen LogP contribution in [0, 0.1) is 11.8 Å². The van der Waals surface area contributed by atoms with E-state index in [2.05, 4.69) is 31.4 Å². The fourth-order valence-electron chi connectivity index (χ4n) is 1.56. The van der Waals surface area contributed by atoms with Crippen LogP contribution in [-0.4, -0.2) is 36.5 Å². The van der Waals surface area contributed by atoms with Gasteiger partial charge in [0.25, 0.3) is 0 Å². The molecule has 0 aromatic rings. The Bertz CT molecular complexity index is 221. The molecule has 2 N–H and O–H groups in total. The van der Waals surface area contributed by atoms with E-state index in [0.29, 0.717) is 24.3 Å². The SMILES string of the molecule is CC(C)C(C)CNC(=O)CC1CSCCN1.Cl. The number of hydrogen-bond donors (Lipinski definition) is 2. The molecule has 2 atom stereocenters. The lowest BCUT2D eigenvalue weighted by molar-refractivity contribution is -0.121. The molecule has 1 amide bonds. The number of carbonyl (C=O) groups excluding carboxylic acids is 1. The smallest absolute Gasteiger partial charge is 0.221 e. The van der Waals surface area contributed by atoms with E-state index < -0.39 is 0 Å². The highest BCUT2D eigenvalue weighted by Crippen LogP contribution is 2.11. The van der Waals surface area contributed by atoms with Crippen molar-refractivity contribution in [2.75, 3.05) is 24.6 Å². The van der Waals surface area contributed by atoms with E-state index in [1.165, 1.54) is 5.75 Å². The van der Waals surface area contributed by atoms with E-state index in [9.17, 15) is 4.79 Å². The van der Waals surface area contributed by atoms with Crippen LogP contribution in [-0.2, 0) is 4.79 Å². The van der Waals surface area contributed by atoms with Gasteiger partial charge in [0.15, 0.2) is 0 Å². The zero-order valence-corrected chi connectivity index (χ0v) is 12.6. The van der Waals surface area contributed by atoms with Crippen LogP contribution < -0.4 is 10.6 Å². The highest BCUT2D eigenvalue weighted by molar-refractivity contribution is 7.99. The maximum absolute atomic E-state index is 11.7. The minimum Gasteiger partial charge on any atom is -0.356 e. The summed E-state index contributed by atoms with van der Waals surface area (Å²) < 4.78 is 0. The van der Waals surface area contributed by atoms with Gasteiger partial charge in [0.05, 0.1) is 0 Å². The van der Waals surface area contributed by atoms with Crippen molar-refractivity contribution in [3.05, 3.63) is 0 Å². The molecule has 1 rings (SSSR count). The van der Waals surface area contributed by atoms with Crippen molar-refractivity contribution in [1.82, 2.24) is 10.6 Å². The predicted molar refractivity (Wildman–Crippen MR) is 78.0 cm³/mol. The molecule has 1 fully saturated rings. The monoisotopic (exact) mass is 280 g/mol. The van der Waals surface area contributed by atoms with Gasteiger partial charge in [0.2, 0.25) is 5.91 Å². The third-order valence-corrected chi connectivity index (χ3v) is 4.32. The van der Waals surface area contributed by atoms with Crippen molar-refractivity contribution in [2.24, 2.45) is 11.8 Å². The van der Waals surface area contributed by atoms with E-state index in [0.717, 1.165) is 18.8 Å². The van der Waals surface area contributed by atoms with Crippen LogP contribution >= 0.6 is 24.2 Å². The minimum absolute atomic E-state index is 0. The second-order valence-corrected chi connectivity index (χ2v) is 6.11. The van der Waals surface area contributed by atoms with Gasteiger partial charge in [-0.3, -0.25) is 4.79 Å². The number of hydrogen-bond acceptors (Lipinski definition) is 3. The Morgan fingerprint density at radius 1 is 1.47 bits per heavy atom. The van der Waals surface area contributed by atoms with Crippen molar-refractivity contribution in [3.8, 4) is 0 Å². The van der Waals surface area contributed by atoms with E-state index in [1.54, 1.807) is 0 Å². The molecule has 102 valence electrons. The second kappa shape index (κ2) is 9.06. The number of carbonyl (C=O) groups is 1. The normalized spacial score (nSPS) is 21.8. The van der Waals surface area contributed by atoms with Crippen LogP contribution in [0.5, 0.6) is 0 Å². The Balaban J connectivity index is 0.00000256. The van der Waals surface area contributed by atoms with Crippen LogP contribution in [0.3, 0.4) is 0 Å². The van der Waals surface area contributed by atoms with Crippen LogP contribution in [0.4, 0.5) is 0 Å². The number of rotatable bonds is 5. The molecule has 3 nitrogen and oxygen atoms in total. The zero-order chi connectivity index (χ0) is 12.0. The summed E-state index contributed by atoms with van der Waals surface area (Å²) in [6, 6.07) is 0.369. The number of halogens is 1. The fraction of sp³-hybridized carbons (Fsp3) is 0.917. The second-order valence-electron chi connectivity index (χ2n) is 4.96. The first-order valence-electron chi connectivity index (χ1n) is 6.17. The van der Waals surface area contributed by atoms with Crippen molar-refractivity contribution in [2.45, 2.75) is 33.2 Å². The van der Waals surface area contributed by atoms with Crippen LogP contribution in [0.1, 0.15) is 27.2 Å². The summed E-state index contributed by atoms with van der Waals surface area (Å²) in [5, 5.41) is 6.40. The van der Waals surface area contributed by atoms with Gasteiger partial charge < -0.3 is 10.6 Å². The molecular formula is C12H25ClN2OS. The van der Waals surface area contributed by atoms with Gasteiger partial charge in [-0.1, -0.05) is 20.8 Å². The van der Waals surface area contributed by atoms with E-state index >= 15 is 0 Å². The topological polar surface area (TPSA) is 41.1 Å². The molecular weight excluding hydrogens is 256 g/mol. The number of nitrogens with one attached hydrogen (secondary N) is 2. The highest BCUT2D eigenvalue weighted by Gasteiger charge is 2.17. The third kappa shape index (κ3) is 7.17. The molecule has 0 aromatic heterocycles. The van der Waals surface area contributed by atoms with Gasteiger partial charge in [-0.05, 0) is 11.8 Å². The van der Waals surface area contributed by atoms with E-state index in [1.807, 2.05) is 11.8 Å². The summed E-state index contributed by atoms with van der Waals surface area (Å²) >= 11 is 1.93. The molecule has 0 radical (unpaired) electrons. The number of thioether (sulfide) groups is 1. The quantitative estimate of drug-likeness (QED) is 0.808. The lowest BCUT2D eigenvalue weighted by Crippen LogP contribution is -2.42. The Labute approximate surface area is 115 Å². The van der Waals surface area contributed by atoms with E-state index in [4.69, 9.17) is 0 Å². The number of amides is 1. The van der Waals surface area contributed by atoms with Gasteiger partial charge >= 0.3 is 0 Å². The molecule has 0 aromatic carbocycles. The van der Waals surface area contributed by atoms with Gasteiger partial charge in [0, 0.05) is 37.1 Å². The molecule has 0 saturated carbocycles. The molecule has 0 spiro atoms. The average Bonchev–Trinajstić information content (AvgIpc) is 2.27. The summed E-state index contributed by atoms with van der Waals surface area (Å²) in [6.45, 7) is 8.40. The van der Waals surface area contributed by atoms with Gasteiger partial charge in [0.1, 0.15) is 0 Å². The lowest BCUT2D eigenvalue weighted by Gasteiger charge is -2.23. The molecule has 1 aliphatic heterocycles. The molecule has 17 heavy (non-hydrogen) atoms. The van der Waals surface area contributed by atoms with Crippen LogP contribution in [0.25, 0.3) is 0 Å². The molecule has 1 heterocycles. The average molecular weight is 281 g/mol.